The molecule has 1 N–H and O–H groups in total. The van der Waals surface area contributed by atoms with E-state index >= 15 is 0 Å². The minimum atomic E-state index is -3.83. The number of ether oxygens (including phenoxy) is 1. The first-order chi connectivity index (χ1) is 12.9. The monoisotopic (exact) mass is 410 g/mol. The second-order valence-corrected chi connectivity index (χ2v) is 8.25. The lowest BCUT2D eigenvalue weighted by atomic mass is 10.1. The molecule has 0 heterocycles. The molecule has 0 spiro atoms. The summed E-state index contributed by atoms with van der Waals surface area (Å²) >= 11 is 5.85. The van der Waals surface area contributed by atoms with Crippen LogP contribution in [0.4, 0.5) is 0 Å². The van der Waals surface area contributed by atoms with E-state index in [0.717, 1.165) is 5.56 Å². The number of carbonyl (C=O) groups excluding carboxylic acids is 1. The Balaban J connectivity index is 2.16. The van der Waals surface area contributed by atoms with Gasteiger partial charge in [-0.2, -0.15) is 4.31 Å². The van der Waals surface area contributed by atoms with Gasteiger partial charge in [0, 0.05) is 25.2 Å². The van der Waals surface area contributed by atoms with Crippen molar-refractivity contribution in [2.75, 3.05) is 33.4 Å². The quantitative estimate of drug-likeness (QED) is 0.610. The van der Waals surface area contributed by atoms with Crippen LogP contribution in [-0.4, -0.2) is 52.0 Å². The van der Waals surface area contributed by atoms with Crippen LogP contribution in [0.25, 0.3) is 0 Å². The summed E-state index contributed by atoms with van der Waals surface area (Å²) in [5.74, 6) is -0.377. The van der Waals surface area contributed by atoms with Gasteiger partial charge in [0.25, 0.3) is 0 Å². The molecule has 8 heteroatoms. The predicted octanol–water partition coefficient (Wildman–Crippen LogP) is 2.34. The second-order valence-electron chi connectivity index (χ2n) is 5.87. The van der Waals surface area contributed by atoms with Crippen LogP contribution in [0.15, 0.2) is 59.5 Å². The minimum Gasteiger partial charge on any atom is -0.383 e. The molecule has 0 aliphatic heterocycles. The van der Waals surface area contributed by atoms with Crippen molar-refractivity contribution >= 4 is 27.5 Å². The molecule has 0 aromatic heterocycles. The predicted molar refractivity (Wildman–Crippen MR) is 105 cm³/mol. The molecule has 0 saturated carbocycles. The molecule has 0 aliphatic carbocycles. The van der Waals surface area contributed by atoms with Crippen molar-refractivity contribution < 1.29 is 17.9 Å². The van der Waals surface area contributed by atoms with E-state index in [9.17, 15) is 13.2 Å². The van der Waals surface area contributed by atoms with Crippen LogP contribution in [0, 0.1) is 0 Å². The molecule has 2 aromatic carbocycles. The highest BCUT2D eigenvalue weighted by Gasteiger charge is 2.26. The zero-order valence-electron chi connectivity index (χ0n) is 15.1. The van der Waals surface area contributed by atoms with E-state index in [-0.39, 0.29) is 23.9 Å². The van der Waals surface area contributed by atoms with Crippen LogP contribution in [0.1, 0.15) is 5.56 Å². The Labute approximate surface area is 165 Å². The molecule has 2 aromatic rings. The van der Waals surface area contributed by atoms with Crippen molar-refractivity contribution in [2.45, 2.75) is 11.3 Å². The van der Waals surface area contributed by atoms with Crippen LogP contribution in [0.2, 0.25) is 5.02 Å². The summed E-state index contributed by atoms with van der Waals surface area (Å²) in [6.07, 6.45) is 0.499. The Morgan fingerprint density at radius 2 is 1.78 bits per heavy atom. The van der Waals surface area contributed by atoms with Crippen LogP contribution in [-0.2, 0) is 26.0 Å². The van der Waals surface area contributed by atoms with Gasteiger partial charge in [0.1, 0.15) is 0 Å². The molecule has 27 heavy (non-hydrogen) atoms. The molecule has 0 fully saturated rings. The lowest BCUT2D eigenvalue weighted by molar-refractivity contribution is -0.121. The first-order valence-corrected chi connectivity index (χ1v) is 10.3. The van der Waals surface area contributed by atoms with E-state index in [0.29, 0.717) is 24.6 Å². The zero-order valence-corrected chi connectivity index (χ0v) is 16.7. The number of nitrogens with zero attached hydrogens (tertiary/aromatic N) is 1. The Kier molecular flexibility index (Phi) is 8.24. The smallest absolute Gasteiger partial charge is 0.243 e. The number of hydrogen-bond acceptors (Lipinski definition) is 4. The summed E-state index contributed by atoms with van der Waals surface area (Å²) in [4.78, 5) is 12.3. The molecule has 0 saturated heterocycles. The number of amides is 1. The summed E-state index contributed by atoms with van der Waals surface area (Å²) in [6.45, 7) is 0.608. The maximum Gasteiger partial charge on any atom is 0.243 e. The maximum atomic E-state index is 13.0. The summed E-state index contributed by atoms with van der Waals surface area (Å²) in [6, 6.07) is 15.4. The lowest BCUT2D eigenvalue weighted by Gasteiger charge is -2.22. The number of hydrogen-bond donors (Lipinski definition) is 1. The fraction of sp³-hybridized carbons (Fsp3) is 0.316. The van der Waals surface area contributed by atoms with Gasteiger partial charge in [-0.05, 0) is 36.2 Å². The highest BCUT2D eigenvalue weighted by molar-refractivity contribution is 7.89. The number of methoxy groups -OCH3 is 1. The van der Waals surface area contributed by atoms with E-state index < -0.39 is 10.0 Å². The molecule has 1 amide bonds. The van der Waals surface area contributed by atoms with Crippen LogP contribution in [0.5, 0.6) is 0 Å². The van der Waals surface area contributed by atoms with Crippen molar-refractivity contribution in [3.63, 3.8) is 0 Å². The SMILES string of the molecule is COCCNC(=O)CN(CCc1ccccc1)S(=O)(=O)c1ccc(Cl)cc1. The van der Waals surface area contributed by atoms with E-state index in [2.05, 4.69) is 5.32 Å². The largest absolute Gasteiger partial charge is 0.383 e. The third-order valence-corrected chi connectivity index (χ3v) is 6.00. The van der Waals surface area contributed by atoms with Crippen LogP contribution in [0.3, 0.4) is 0 Å². The number of nitrogens with one attached hydrogen (secondary N) is 1. The van der Waals surface area contributed by atoms with E-state index in [1.54, 1.807) is 0 Å². The third-order valence-electron chi connectivity index (χ3n) is 3.89. The molecule has 0 aliphatic rings. The molecular weight excluding hydrogens is 388 g/mol. The van der Waals surface area contributed by atoms with Gasteiger partial charge in [0.15, 0.2) is 0 Å². The first kappa shape index (κ1) is 21.4. The van der Waals surface area contributed by atoms with Crippen molar-refractivity contribution in [3.8, 4) is 0 Å². The molecule has 6 nitrogen and oxygen atoms in total. The van der Waals surface area contributed by atoms with Crippen LogP contribution >= 0.6 is 11.6 Å². The summed E-state index contributed by atoms with van der Waals surface area (Å²) in [5.41, 5.74) is 0.994. The van der Waals surface area contributed by atoms with Crippen molar-refractivity contribution in [2.24, 2.45) is 0 Å². The molecular formula is C19H23ClN2O4S. The second kappa shape index (κ2) is 10.4. The van der Waals surface area contributed by atoms with Gasteiger partial charge in [-0.3, -0.25) is 4.79 Å². The average Bonchev–Trinajstić information content (AvgIpc) is 2.66. The van der Waals surface area contributed by atoms with Gasteiger partial charge in [-0.1, -0.05) is 41.9 Å². The summed E-state index contributed by atoms with van der Waals surface area (Å²) < 4.78 is 32.1. The molecule has 0 atom stereocenters. The van der Waals surface area contributed by atoms with Crippen molar-refractivity contribution in [1.82, 2.24) is 9.62 Å². The van der Waals surface area contributed by atoms with Crippen molar-refractivity contribution in [1.29, 1.82) is 0 Å². The first-order valence-electron chi connectivity index (χ1n) is 8.49. The zero-order chi connectivity index (χ0) is 19.7. The maximum absolute atomic E-state index is 13.0. The number of rotatable bonds is 10. The Morgan fingerprint density at radius 1 is 1.11 bits per heavy atom. The fourth-order valence-electron chi connectivity index (χ4n) is 2.45. The van der Waals surface area contributed by atoms with E-state index in [1.807, 2.05) is 30.3 Å². The standard InChI is InChI=1S/C19H23ClN2O4S/c1-26-14-12-21-19(23)15-22(13-11-16-5-3-2-4-6-16)27(24,25)18-9-7-17(20)8-10-18/h2-10H,11-15H2,1H3,(H,21,23). The van der Waals surface area contributed by atoms with E-state index in [1.165, 1.54) is 35.7 Å². The van der Waals surface area contributed by atoms with Crippen molar-refractivity contribution in [3.05, 3.63) is 65.2 Å². The third kappa shape index (κ3) is 6.62. The Hall–Kier alpha value is -1.93. The molecule has 0 bridgehead atoms. The van der Waals surface area contributed by atoms with Gasteiger partial charge >= 0.3 is 0 Å². The molecule has 2 rings (SSSR count). The van der Waals surface area contributed by atoms with Crippen LogP contribution < -0.4 is 5.32 Å². The van der Waals surface area contributed by atoms with Gasteiger partial charge in [0.2, 0.25) is 15.9 Å². The molecule has 146 valence electrons. The molecule has 0 unspecified atom stereocenters. The van der Waals surface area contributed by atoms with Gasteiger partial charge in [0.05, 0.1) is 18.0 Å². The van der Waals surface area contributed by atoms with E-state index in [4.69, 9.17) is 16.3 Å². The number of sulfonamides is 1. The Bertz CT molecular complexity index is 827. The molecule has 0 radical (unpaired) electrons. The Morgan fingerprint density at radius 3 is 2.41 bits per heavy atom. The number of benzene rings is 2. The highest BCUT2D eigenvalue weighted by atomic mass is 35.5. The normalized spacial score (nSPS) is 11.5. The lowest BCUT2D eigenvalue weighted by Crippen LogP contribution is -2.42. The topological polar surface area (TPSA) is 75.7 Å². The highest BCUT2D eigenvalue weighted by Crippen LogP contribution is 2.19. The minimum absolute atomic E-state index is 0.102. The summed E-state index contributed by atoms with van der Waals surface area (Å²) in [7, 11) is -2.30. The average molecular weight is 411 g/mol. The summed E-state index contributed by atoms with van der Waals surface area (Å²) in [5, 5.41) is 3.10. The fourth-order valence-corrected chi connectivity index (χ4v) is 3.97. The number of carbonyl (C=O) groups is 1. The van der Waals surface area contributed by atoms with Gasteiger partial charge in [-0.15, -0.1) is 0 Å². The number of halogens is 1. The van der Waals surface area contributed by atoms with Gasteiger partial charge < -0.3 is 10.1 Å². The van der Waals surface area contributed by atoms with Gasteiger partial charge in [-0.25, -0.2) is 8.42 Å².